The zero-order valence-corrected chi connectivity index (χ0v) is 14.4. The highest BCUT2D eigenvalue weighted by molar-refractivity contribution is 7.12. The van der Waals surface area contributed by atoms with Crippen LogP contribution in [-0.4, -0.2) is 21.3 Å². The third-order valence-electron chi connectivity index (χ3n) is 3.32. The Labute approximate surface area is 134 Å². The molecule has 0 saturated heterocycles. The van der Waals surface area contributed by atoms with Crippen molar-refractivity contribution >= 4 is 22.9 Å². The highest BCUT2D eigenvalue weighted by Crippen LogP contribution is 2.44. The van der Waals surface area contributed by atoms with Gasteiger partial charge in [0.05, 0.1) is 26.7 Å². The summed E-state index contributed by atoms with van der Waals surface area (Å²) in [6.07, 6.45) is 0. The largest absolute Gasteiger partial charge is 0.496 e. The molecule has 0 aliphatic carbocycles. The van der Waals surface area contributed by atoms with Gasteiger partial charge < -0.3 is 14.2 Å². The SMILES string of the molecule is COc1cc(OC)c(C(Cl)c2sc(C)cc2C)cc1OC. The summed E-state index contributed by atoms with van der Waals surface area (Å²) in [7, 11) is 4.83. The van der Waals surface area contributed by atoms with E-state index in [2.05, 4.69) is 19.9 Å². The normalized spacial score (nSPS) is 12.1. The molecule has 1 aromatic carbocycles. The molecule has 0 saturated carbocycles. The second-order valence-electron chi connectivity index (χ2n) is 4.72. The molecule has 5 heteroatoms. The Morgan fingerprint density at radius 2 is 1.48 bits per heavy atom. The maximum atomic E-state index is 6.69. The average Bonchev–Trinajstić information content (AvgIpc) is 2.83. The number of methoxy groups -OCH3 is 3. The van der Waals surface area contributed by atoms with Crippen LogP contribution in [0.4, 0.5) is 0 Å². The monoisotopic (exact) mass is 326 g/mol. The zero-order valence-electron chi connectivity index (χ0n) is 12.8. The van der Waals surface area contributed by atoms with Gasteiger partial charge in [0.1, 0.15) is 5.75 Å². The summed E-state index contributed by atoms with van der Waals surface area (Å²) in [5.41, 5.74) is 2.07. The van der Waals surface area contributed by atoms with Crippen LogP contribution in [0, 0.1) is 13.8 Å². The van der Waals surface area contributed by atoms with Gasteiger partial charge in [0.2, 0.25) is 0 Å². The van der Waals surface area contributed by atoms with E-state index in [1.807, 2.05) is 6.07 Å². The Morgan fingerprint density at radius 1 is 0.905 bits per heavy atom. The minimum atomic E-state index is -0.279. The van der Waals surface area contributed by atoms with Gasteiger partial charge in [0, 0.05) is 21.4 Å². The molecule has 1 unspecified atom stereocenters. The van der Waals surface area contributed by atoms with Crippen LogP contribution >= 0.6 is 22.9 Å². The molecule has 114 valence electrons. The predicted molar refractivity (Wildman–Crippen MR) is 87.6 cm³/mol. The number of thiophene rings is 1. The first-order valence-corrected chi connectivity index (χ1v) is 7.78. The van der Waals surface area contributed by atoms with Crippen LogP contribution in [0.1, 0.15) is 26.3 Å². The lowest BCUT2D eigenvalue weighted by Crippen LogP contribution is -2.00. The van der Waals surface area contributed by atoms with Crippen molar-refractivity contribution < 1.29 is 14.2 Å². The molecule has 0 bridgehead atoms. The van der Waals surface area contributed by atoms with E-state index in [0.717, 1.165) is 10.4 Å². The molecule has 0 aliphatic heterocycles. The molecule has 0 radical (unpaired) electrons. The number of alkyl halides is 1. The second kappa shape index (κ2) is 6.58. The summed E-state index contributed by atoms with van der Waals surface area (Å²) in [6, 6.07) is 5.83. The van der Waals surface area contributed by atoms with Crippen molar-refractivity contribution in [3.63, 3.8) is 0 Å². The van der Waals surface area contributed by atoms with Crippen molar-refractivity contribution in [2.24, 2.45) is 0 Å². The molecule has 3 nitrogen and oxygen atoms in total. The molecule has 2 aromatic rings. The number of hydrogen-bond donors (Lipinski definition) is 0. The smallest absolute Gasteiger partial charge is 0.164 e. The Bertz CT molecular complexity index is 637. The maximum Gasteiger partial charge on any atom is 0.164 e. The lowest BCUT2D eigenvalue weighted by atomic mass is 10.1. The molecular formula is C16H19ClO3S. The lowest BCUT2D eigenvalue weighted by molar-refractivity contribution is 0.347. The van der Waals surface area contributed by atoms with E-state index in [9.17, 15) is 0 Å². The third kappa shape index (κ3) is 3.11. The van der Waals surface area contributed by atoms with Crippen molar-refractivity contribution in [3.05, 3.63) is 39.1 Å². The van der Waals surface area contributed by atoms with E-state index >= 15 is 0 Å². The van der Waals surface area contributed by atoms with Crippen LogP contribution in [0.25, 0.3) is 0 Å². The summed E-state index contributed by atoms with van der Waals surface area (Å²) >= 11 is 8.39. The van der Waals surface area contributed by atoms with Gasteiger partial charge in [-0.15, -0.1) is 22.9 Å². The minimum Gasteiger partial charge on any atom is -0.496 e. The highest BCUT2D eigenvalue weighted by atomic mass is 35.5. The van der Waals surface area contributed by atoms with Gasteiger partial charge in [-0.25, -0.2) is 0 Å². The Kier molecular flexibility index (Phi) is 5.01. The molecule has 1 atom stereocenters. The van der Waals surface area contributed by atoms with Gasteiger partial charge in [-0.2, -0.15) is 0 Å². The summed E-state index contributed by atoms with van der Waals surface area (Å²) in [5, 5.41) is -0.279. The van der Waals surface area contributed by atoms with Gasteiger partial charge in [-0.3, -0.25) is 0 Å². The van der Waals surface area contributed by atoms with Crippen LogP contribution in [0.15, 0.2) is 18.2 Å². The molecular weight excluding hydrogens is 308 g/mol. The van der Waals surface area contributed by atoms with Crippen molar-refractivity contribution in [2.45, 2.75) is 19.2 Å². The quantitative estimate of drug-likeness (QED) is 0.744. The number of hydrogen-bond acceptors (Lipinski definition) is 4. The average molecular weight is 327 g/mol. The van der Waals surface area contributed by atoms with Crippen LogP contribution in [-0.2, 0) is 0 Å². The molecule has 0 aliphatic rings. The van der Waals surface area contributed by atoms with Crippen LogP contribution in [0.3, 0.4) is 0 Å². The molecule has 0 amide bonds. The predicted octanol–water partition coefficient (Wildman–Crippen LogP) is 4.72. The van der Waals surface area contributed by atoms with Gasteiger partial charge >= 0.3 is 0 Å². The summed E-state index contributed by atoms with van der Waals surface area (Å²) in [6.45, 7) is 4.15. The van der Waals surface area contributed by atoms with E-state index in [1.54, 1.807) is 38.7 Å². The Morgan fingerprint density at radius 3 is 1.95 bits per heavy atom. The summed E-state index contributed by atoms with van der Waals surface area (Å²) in [4.78, 5) is 2.37. The Hall–Kier alpha value is -1.39. The van der Waals surface area contributed by atoms with Crippen molar-refractivity contribution in [3.8, 4) is 17.2 Å². The standard InChI is InChI=1S/C16H19ClO3S/c1-9-6-10(2)21-16(9)15(17)11-7-13(19-4)14(20-5)8-12(11)18-3/h6-8,15H,1-5H3. The van der Waals surface area contributed by atoms with Gasteiger partial charge in [0.25, 0.3) is 0 Å². The van der Waals surface area contributed by atoms with Crippen LogP contribution < -0.4 is 14.2 Å². The minimum absolute atomic E-state index is 0.279. The van der Waals surface area contributed by atoms with E-state index in [4.69, 9.17) is 25.8 Å². The lowest BCUT2D eigenvalue weighted by Gasteiger charge is -2.17. The Balaban J connectivity index is 2.53. The molecule has 0 N–H and O–H groups in total. The molecule has 1 aromatic heterocycles. The number of halogens is 1. The van der Waals surface area contributed by atoms with Crippen LogP contribution in [0.2, 0.25) is 0 Å². The van der Waals surface area contributed by atoms with Crippen molar-refractivity contribution in [1.29, 1.82) is 0 Å². The van der Waals surface area contributed by atoms with Gasteiger partial charge in [-0.05, 0) is 31.5 Å². The number of ether oxygens (including phenoxy) is 3. The van der Waals surface area contributed by atoms with Crippen LogP contribution in [0.5, 0.6) is 17.2 Å². The van der Waals surface area contributed by atoms with E-state index in [1.165, 1.54) is 10.4 Å². The topological polar surface area (TPSA) is 27.7 Å². The first kappa shape index (κ1) is 16.0. The second-order valence-corrected chi connectivity index (χ2v) is 6.44. The number of rotatable bonds is 5. The number of benzene rings is 1. The zero-order chi connectivity index (χ0) is 15.6. The molecule has 0 spiro atoms. The fraction of sp³-hybridized carbons (Fsp3) is 0.375. The first-order chi connectivity index (χ1) is 10.0. The summed E-state index contributed by atoms with van der Waals surface area (Å²) in [5.74, 6) is 1.96. The molecule has 2 rings (SSSR count). The van der Waals surface area contributed by atoms with E-state index < -0.39 is 0 Å². The first-order valence-electron chi connectivity index (χ1n) is 6.52. The van der Waals surface area contributed by atoms with Gasteiger partial charge in [0.15, 0.2) is 11.5 Å². The third-order valence-corrected chi connectivity index (χ3v) is 5.12. The van der Waals surface area contributed by atoms with E-state index in [0.29, 0.717) is 17.2 Å². The van der Waals surface area contributed by atoms with Gasteiger partial charge in [-0.1, -0.05) is 0 Å². The maximum absolute atomic E-state index is 6.69. The van der Waals surface area contributed by atoms with Crippen molar-refractivity contribution in [2.75, 3.05) is 21.3 Å². The highest BCUT2D eigenvalue weighted by Gasteiger charge is 2.22. The van der Waals surface area contributed by atoms with Crippen molar-refractivity contribution in [1.82, 2.24) is 0 Å². The molecule has 0 fully saturated rings. The fourth-order valence-electron chi connectivity index (χ4n) is 2.30. The fourth-order valence-corrected chi connectivity index (χ4v) is 3.81. The van der Waals surface area contributed by atoms with E-state index in [-0.39, 0.29) is 5.38 Å². The molecule has 21 heavy (non-hydrogen) atoms. The number of aryl methyl sites for hydroxylation is 2. The summed E-state index contributed by atoms with van der Waals surface area (Å²) < 4.78 is 16.1. The molecule has 1 heterocycles.